The molecule has 2 amide bonds. The third kappa shape index (κ3) is 3.52. The van der Waals surface area contributed by atoms with Gasteiger partial charge in [-0.3, -0.25) is 14.6 Å². The molecule has 2 aromatic heterocycles. The van der Waals surface area contributed by atoms with Crippen molar-refractivity contribution in [2.45, 2.75) is 30.3 Å². The van der Waals surface area contributed by atoms with Gasteiger partial charge in [-0.25, -0.2) is 14.2 Å². The van der Waals surface area contributed by atoms with Gasteiger partial charge in [0.1, 0.15) is 17.3 Å². The molecule has 3 aliphatic rings. The van der Waals surface area contributed by atoms with Crippen LogP contribution in [-0.2, 0) is 4.79 Å². The minimum Gasteiger partial charge on any atom is -0.484 e. The van der Waals surface area contributed by atoms with Crippen LogP contribution >= 0.6 is 11.6 Å². The molecular formula is C20H17ClFN5O4. The molecule has 160 valence electrons. The Balaban J connectivity index is 1.12. The maximum Gasteiger partial charge on any atom is 0.325 e. The molecule has 4 N–H and O–H groups in total. The van der Waals surface area contributed by atoms with E-state index in [1.165, 1.54) is 12.1 Å². The van der Waals surface area contributed by atoms with Gasteiger partial charge in [0.05, 0.1) is 10.5 Å². The summed E-state index contributed by atoms with van der Waals surface area (Å²) in [6, 6.07) is 7.12. The standard InChI is InChI=1S/C20H17ClFN5O4/c21-11-2-1-10(5-12(11)22)31-6-15(28)26-19-7-20(8-19,9-19)27-17(29)14-4-3-13-16(23-14)25-18(30)24-13/h1-5H,6-9H2,(H,26,28)(H,27,29)(H2,23,24,25,30). The summed E-state index contributed by atoms with van der Waals surface area (Å²) in [7, 11) is 0. The number of carbonyl (C=O) groups is 2. The van der Waals surface area contributed by atoms with Gasteiger partial charge in [0.25, 0.3) is 11.8 Å². The molecule has 3 saturated carbocycles. The van der Waals surface area contributed by atoms with Gasteiger partial charge in [-0.15, -0.1) is 0 Å². The zero-order valence-corrected chi connectivity index (χ0v) is 16.8. The van der Waals surface area contributed by atoms with Gasteiger partial charge < -0.3 is 20.4 Å². The fraction of sp³-hybridized carbons (Fsp3) is 0.300. The van der Waals surface area contributed by atoms with E-state index in [4.69, 9.17) is 16.3 Å². The van der Waals surface area contributed by atoms with Crippen molar-refractivity contribution in [1.29, 1.82) is 0 Å². The number of halogens is 2. The number of carbonyl (C=O) groups excluding carboxylic acids is 2. The number of imidazole rings is 1. The molecule has 0 radical (unpaired) electrons. The average Bonchev–Trinajstić information content (AvgIpc) is 3.05. The molecule has 3 aliphatic carbocycles. The van der Waals surface area contributed by atoms with E-state index in [-0.39, 0.29) is 51.7 Å². The number of hydrogen-bond acceptors (Lipinski definition) is 5. The van der Waals surface area contributed by atoms with Gasteiger partial charge in [0.2, 0.25) is 0 Å². The van der Waals surface area contributed by atoms with Crippen molar-refractivity contribution in [2.24, 2.45) is 0 Å². The number of hydrogen-bond donors (Lipinski definition) is 4. The Morgan fingerprint density at radius 1 is 1.13 bits per heavy atom. The topological polar surface area (TPSA) is 129 Å². The lowest BCUT2D eigenvalue weighted by Gasteiger charge is -2.70. The number of nitrogens with one attached hydrogen (secondary N) is 4. The molecule has 3 aromatic rings. The zero-order chi connectivity index (χ0) is 21.8. The van der Waals surface area contributed by atoms with Crippen molar-refractivity contribution in [1.82, 2.24) is 25.6 Å². The number of ether oxygens (including phenoxy) is 1. The van der Waals surface area contributed by atoms with Crippen molar-refractivity contribution >= 4 is 34.6 Å². The Kier molecular flexibility index (Phi) is 4.30. The van der Waals surface area contributed by atoms with Crippen molar-refractivity contribution in [3.63, 3.8) is 0 Å². The van der Waals surface area contributed by atoms with Crippen molar-refractivity contribution in [2.75, 3.05) is 6.61 Å². The van der Waals surface area contributed by atoms with Gasteiger partial charge in [-0.1, -0.05) is 11.6 Å². The van der Waals surface area contributed by atoms with E-state index in [1.54, 1.807) is 12.1 Å². The molecule has 2 bridgehead atoms. The summed E-state index contributed by atoms with van der Waals surface area (Å²) < 4.78 is 18.7. The van der Waals surface area contributed by atoms with Crippen molar-refractivity contribution in [3.05, 3.63) is 57.3 Å². The van der Waals surface area contributed by atoms with Gasteiger partial charge in [0, 0.05) is 17.1 Å². The summed E-state index contributed by atoms with van der Waals surface area (Å²) in [6.07, 6.45) is 1.82. The highest BCUT2D eigenvalue weighted by Crippen LogP contribution is 2.60. The molecule has 31 heavy (non-hydrogen) atoms. The van der Waals surface area contributed by atoms with Crippen molar-refractivity contribution in [3.8, 4) is 5.75 Å². The number of amides is 2. The molecule has 0 spiro atoms. The Bertz CT molecular complexity index is 1270. The van der Waals surface area contributed by atoms with Crippen molar-refractivity contribution < 1.29 is 18.7 Å². The first-order chi connectivity index (χ1) is 14.7. The fourth-order valence-electron chi connectivity index (χ4n) is 4.45. The summed E-state index contributed by atoms with van der Waals surface area (Å²) in [6.45, 7) is -0.249. The van der Waals surface area contributed by atoms with Gasteiger partial charge in [0.15, 0.2) is 12.3 Å². The van der Waals surface area contributed by atoms with Gasteiger partial charge >= 0.3 is 5.69 Å². The third-order valence-corrected chi connectivity index (χ3v) is 5.99. The van der Waals surface area contributed by atoms with Crippen LogP contribution in [0.2, 0.25) is 5.02 Å². The molecule has 0 saturated heterocycles. The predicted molar refractivity (Wildman–Crippen MR) is 109 cm³/mol. The average molecular weight is 446 g/mol. The summed E-state index contributed by atoms with van der Waals surface area (Å²) >= 11 is 5.62. The van der Waals surface area contributed by atoms with Crippen LogP contribution in [0.3, 0.4) is 0 Å². The number of pyridine rings is 1. The number of aromatic amines is 2. The second kappa shape index (κ2) is 6.81. The largest absolute Gasteiger partial charge is 0.484 e. The van der Waals surface area contributed by atoms with E-state index >= 15 is 0 Å². The Morgan fingerprint density at radius 2 is 1.87 bits per heavy atom. The monoisotopic (exact) mass is 445 g/mol. The molecule has 0 unspecified atom stereocenters. The second-order valence-electron chi connectivity index (χ2n) is 8.13. The molecule has 2 heterocycles. The second-order valence-corrected chi connectivity index (χ2v) is 8.54. The lowest BCUT2D eigenvalue weighted by atomic mass is 9.44. The van der Waals surface area contributed by atoms with Crippen LogP contribution in [0.5, 0.6) is 5.75 Å². The highest BCUT2D eigenvalue weighted by molar-refractivity contribution is 6.30. The van der Waals surface area contributed by atoms with E-state index < -0.39 is 5.82 Å². The quantitative estimate of drug-likeness (QED) is 0.458. The number of rotatable bonds is 6. The van der Waals surface area contributed by atoms with Crippen LogP contribution < -0.4 is 21.1 Å². The van der Waals surface area contributed by atoms with Crippen LogP contribution in [0.25, 0.3) is 11.2 Å². The van der Waals surface area contributed by atoms with E-state index in [1.807, 2.05) is 0 Å². The maximum absolute atomic E-state index is 13.4. The normalized spacial score (nSPS) is 23.5. The molecule has 0 aliphatic heterocycles. The predicted octanol–water partition coefficient (Wildman–Crippen LogP) is 1.64. The molecular weight excluding hydrogens is 429 g/mol. The number of H-pyrrole nitrogens is 2. The Labute approximate surface area is 179 Å². The summed E-state index contributed by atoms with van der Waals surface area (Å²) in [4.78, 5) is 45.3. The molecule has 0 atom stereocenters. The highest BCUT2D eigenvalue weighted by Gasteiger charge is 2.69. The van der Waals surface area contributed by atoms with Crippen LogP contribution in [0.1, 0.15) is 29.8 Å². The summed E-state index contributed by atoms with van der Waals surface area (Å²) in [5.74, 6) is -1.06. The SMILES string of the molecule is O=C(COc1ccc(Cl)c(F)c1)NC12CC(NC(=O)c3ccc4[nH]c(=O)[nH]c4n3)(C1)C2. The minimum atomic E-state index is -0.617. The summed E-state index contributed by atoms with van der Waals surface area (Å²) in [5.41, 5.74) is -0.0667. The van der Waals surface area contributed by atoms with E-state index in [9.17, 15) is 18.8 Å². The Hall–Kier alpha value is -3.40. The highest BCUT2D eigenvalue weighted by atomic mass is 35.5. The lowest BCUT2D eigenvalue weighted by molar-refractivity contribution is -0.141. The zero-order valence-electron chi connectivity index (χ0n) is 16.1. The first-order valence-corrected chi connectivity index (χ1v) is 9.93. The molecule has 6 rings (SSSR count). The molecule has 1 aromatic carbocycles. The third-order valence-electron chi connectivity index (χ3n) is 5.68. The molecule has 11 heteroatoms. The Morgan fingerprint density at radius 3 is 2.61 bits per heavy atom. The number of benzene rings is 1. The molecule has 9 nitrogen and oxygen atoms in total. The van der Waals surface area contributed by atoms with E-state index in [0.29, 0.717) is 30.4 Å². The van der Waals surface area contributed by atoms with Gasteiger partial charge in [-0.2, -0.15) is 0 Å². The number of fused-ring (bicyclic) bond motifs is 1. The molecule has 3 fully saturated rings. The van der Waals surface area contributed by atoms with E-state index in [2.05, 4.69) is 25.6 Å². The van der Waals surface area contributed by atoms with Crippen LogP contribution in [0, 0.1) is 5.82 Å². The first kappa shape index (κ1) is 19.6. The van der Waals surface area contributed by atoms with Crippen LogP contribution in [0.15, 0.2) is 35.1 Å². The number of aromatic nitrogens is 3. The van der Waals surface area contributed by atoms with Crippen LogP contribution in [-0.4, -0.2) is 44.5 Å². The minimum absolute atomic E-state index is 0.0190. The lowest BCUT2D eigenvalue weighted by Crippen LogP contribution is -2.84. The van der Waals surface area contributed by atoms with Gasteiger partial charge in [-0.05, 0) is 43.5 Å². The number of nitrogens with zero attached hydrogens (tertiary/aromatic N) is 1. The van der Waals surface area contributed by atoms with Crippen LogP contribution in [0.4, 0.5) is 4.39 Å². The van der Waals surface area contributed by atoms with E-state index in [0.717, 1.165) is 6.07 Å². The maximum atomic E-state index is 13.4. The summed E-state index contributed by atoms with van der Waals surface area (Å²) in [5, 5.41) is 5.88. The smallest absolute Gasteiger partial charge is 0.325 e. The fourth-order valence-corrected chi connectivity index (χ4v) is 4.57. The first-order valence-electron chi connectivity index (χ1n) is 9.55.